The predicted molar refractivity (Wildman–Crippen MR) is 144 cm³/mol. The molecule has 1 amide bonds. The van der Waals surface area contributed by atoms with E-state index in [-0.39, 0.29) is 41.8 Å². The van der Waals surface area contributed by atoms with Crippen molar-refractivity contribution in [1.82, 2.24) is 25.4 Å². The van der Waals surface area contributed by atoms with Crippen LogP contribution in [0.3, 0.4) is 0 Å². The quantitative estimate of drug-likeness (QED) is 0.484. The largest absolute Gasteiger partial charge is 0.485 e. The van der Waals surface area contributed by atoms with Gasteiger partial charge in [0.2, 0.25) is 11.9 Å². The van der Waals surface area contributed by atoms with Crippen molar-refractivity contribution in [3.63, 3.8) is 0 Å². The summed E-state index contributed by atoms with van der Waals surface area (Å²) in [6.07, 6.45) is 7.38. The second-order valence-electron chi connectivity index (χ2n) is 12.0. The number of nitrogens with one attached hydrogen (secondary N) is 2. The van der Waals surface area contributed by atoms with Crippen LogP contribution in [0.5, 0.6) is 5.75 Å². The lowest BCUT2D eigenvalue weighted by Crippen LogP contribution is -2.50. The molecule has 10 heteroatoms. The van der Waals surface area contributed by atoms with Crippen LogP contribution in [-0.2, 0) is 11.4 Å². The zero-order valence-corrected chi connectivity index (χ0v) is 22.8. The van der Waals surface area contributed by atoms with Gasteiger partial charge >= 0.3 is 0 Å². The third kappa shape index (κ3) is 6.14. The normalized spacial score (nSPS) is 24.9. The number of likely N-dealkylation sites (tertiary alicyclic amines) is 2. The summed E-state index contributed by atoms with van der Waals surface area (Å²) >= 11 is 0. The minimum absolute atomic E-state index is 0.0350. The molecule has 3 aliphatic heterocycles. The molecule has 40 heavy (non-hydrogen) atoms. The molecule has 0 unspecified atom stereocenters. The van der Waals surface area contributed by atoms with E-state index in [9.17, 15) is 18.0 Å². The SMILES string of the molecule is O=C(CN1CCC2(CCNC2)CC1)N1CCC(N[C@@H]2C[C@H]2c2cc(F)cc(F)c2OCc2cccnc2F)CC1. The van der Waals surface area contributed by atoms with E-state index in [1.54, 1.807) is 6.07 Å². The first-order valence-electron chi connectivity index (χ1n) is 14.6. The van der Waals surface area contributed by atoms with Crippen molar-refractivity contribution >= 4 is 5.91 Å². The van der Waals surface area contributed by atoms with Gasteiger partial charge in [-0.25, -0.2) is 13.8 Å². The molecule has 1 saturated carbocycles. The number of carbonyl (C=O) groups excluding carboxylic acids is 1. The number of benzene rings is 1. The lowest BCUT2D eigenvalue weighted by Gasteiger charge is -2.40. The predicted octanol–water partition coefficient (Wildman–Crippen LogP) is 3.59. The minimum atomic E-state index is -0.791. The highest BCUT2D eigenvalue weighted by atomic mass is 19.1. The van der Waals surface area contributed by atoms with Gasteiger partial charge in [-0.3, -0.25) is 9.69 Å². The van der Waals surface area contributed by atoms with E-state index >= 15 is 0 Å². The molecule has 1 aliphatic carbocycles. The summed E-state index contributed by atoms with van der Waals surface area (Å²) in [5.41, 5.74) is 1.12. The Kier molecular flexibility index (Phi) is 8.01. The number of piperidine rings is 2. The van der Waals surface area contributed by atoms with Gasteiger partial charge in [0.25, 0.3) is 0 Å². The number of hydrogen-bond donors (Lipinski definition) is 2. The van der Waals surface area contributed by atoms with Gasteiger partial charge < -0.3 is 20.3 Å². The molecule has 216 valence electrons. The molecule has 2 aromatic rings. The second-order valence-corrected chi connectivity index (χ2v) is 12.0. The molecule has 1 aromatic carbocycles. The number of carbonyl (C=O) groups is 1. The van der Waals surface area contributed by atoms with Crippen molar-refractivity contribution < 1.29 is 22.7 Å². The third-order valence-corrected chi connectivity index (χ3v) is 9.34. The van der Waals surface area contributed by atoms with Gasteiger partial charge in [-0.2, -0.15) is 4.39 Å². The number of halogens is 3. The monoisotopic (exact) mass is 557 g/mol. The molecule has 7 nitrogen and oxygen atoms in total. The Balaban J connectivity index is 0.978. The summed E-state index contributed by atoms with van der Waals surface area (Å²) < 4.78 is 48.4. The third-order valence-electron chi connectivity index (χ3n) is 9.34. The Hall–Kier alpha value is -2.69. The van der Waals surface area contributed by atoms with E-state index in [1.807, 2.05) is 4.90 Å². The smallest absolute Gasteiger partial charge is 0.236 e. The van der Waals surface area contributed by atoms with Crippen molar-refractivity contribution in [3.05, 3.63) is 59.2 Å². The molecule has 2 N–H and O–H groups in total. The van der Waals surface area contributed by atoms with Crippen molar-refractivity contribution in [2.75, 3.05) is 45.8 Å². The number of pyridine rings is 1. The molecule has 6 rings (SSSR count). The lowest BCUT2D eigenvalue weighted by molar-refractivity contribution is -0.134. The zero-order chi connectivity index (χ0) is 27.7. The fraction of sp³-hybridized carbons (Fsp3) is 0.600. The standard InChI is InChI=1S/C30H38F3N5O2/c31-21-14-24(28(25(32)15-21)40-18-20-2-1-8-35-29(20)33)23-16-26(23)36-22-3-10-38(11-4-22)27(39)17-37-12-6-30(7-13-37)5-9-34-19-30/h1-2,8,14-15,22-23,26,34,36H,3-7,9-13,16-19H2/t23-,26+/m0/s1. The average molecular weight is 558 g/mol. The molecule has 0 radical (unpaired) electrons. The van der Waals surface area contributed by atoms with Gasteiger partial charge in [0.1, 0.15) is 12.4 Å². The molecule has 4 heterocycles. The number of ether oxygens (including phenoxy) is 1. The molecule has 1 spiro atoms. The summed E-state index contributed by atoms with van der Waals surface area (Å²) in [7, 11) is 0. The lowest BCUT2D eigenvalue weighted by atomic mass is 9.78. The van der Waals surface area contributed by atoms with Crippen LogP contribution in [0, 0.1) is 23.0 Å². The van der Waals surface area contributed by atoms with Crippen LogP contribution in [0.4, 0.5) is 13.2 Å². The summed E-state index contributed by atoms with van der Waals surface area (Å²) in [5.74, 6) is -2.03. The molecular weight excluding hydrogens is 519 g/mol. The first kappa shape index (κ1) is 27.5. The minimum Gasteiger partial charge on any atom is -0.485 e. The van der Waals surface area contributed by atoms with Gasteiger partial charge in [-0.05, 0) is 81.8 Å². The van der Waals surface area contributed by atoms with E-state index in [0.717, 1.165) is 64.6 Å². The molecule has 2 atom stereocenters. The summed E-state index contributed by atoms with van der Waals surface area (Å²) in [6, 6.07) is 5.55. The topological polar surface area (TPSA) is 69.7 Å². The molecule has 4 fully saturated rings. The average Bonchev–Trinajstić information content (AvgIpc) is 3.56. The molecule has 0 bridgehead atoms. The van der Waals surface area contributed by atoms with E-state index in [2.05, 4.69) is 20.5 Å². The fourth-order valence-electron chi connectivity index (χ4n) is 6.71. The second kappa shape index (κ2) is 11.7. The fourth-order valence-corrected chi connectivity index (χ4v) is 6.71. The van der Waals surface area contributed by atoms with E-state index in [0.29, 0.717) is 17.5 Å². The molecule has 1 aromatic heterocycles. The van der Waals surface area contributed by atoms with Crippen molar-refractivity contribution in [2.24, 2.45) is 5.41 Å². The van der Waals surface area contributed by atoms with Crippen LogP contribution < -0.4 is 15.4 Å². The maximum Gasteiger partial charge on any atom is 0.236 e. The Morgan fingerprint density at radius 2 is 1.93 bits per heavy atom. The molecular formula is C30H38F3N5O2. The Bertz CT molecular complexity index is 1210. The zero-order valence-electron chi connectivity index (χ0n) is 22.8. The van der Waals surface area contributed by atoms with E-state index in [1.165, 1.54) is 37.6 Å². The maximum atomic E-state index is 14.7. The molecule has 4 aliphatic rings. The highest BCUT2D eigenvalue weighted by Gasteiger charge is 2.43. The Morgan fingerprint density at radius 1 is 1.12 bits per heavy atom. The van der Waals surface area contributed by atoms with Crippen LogP contribution in [0.25, 0.3) is 0 Å². The van der Waals surface area contributed by atoms with Crippen molar-refractivity contribution in [2.45, 2.75) is 63.1 Å². The van der Waals surface area contributed by atoms with Crippen LogP contribution in [0.1, 0.15) is 55.6 Å². The number of hydrogen-bond acceptors (Lipinski definition) is 6. The number of nitrogens with zero attached hydrogens (tertiary/aromatic N) is 3. The first-order valence-corrected chi connectivity index (χ1v) is 14.6. The van der Waals surface area contributed by atoms with Gasteiger partial charge in [0.05, 0.1) is 6.54 Å². The summed E-state index contributed by atoms with van der Waals surface area (Å²) in [6.45, 7) is 5.97. The highest BCUT2D eigenvalue weighted by molar-refractivity contribution is 5.78. The summed E-state index contributed by atoms with van der Waals surface area (Å²) in [4.78, 5) is 20.9. The number of amides is 1. The Labute approximate surface area is 233 Å². The number of rotatable bonds is 8. The van der Waals surface area contributed by atoms with Gasteiger partial charge in [-0.1, -0.05) is 0 Å². The van der Waals surface area contributed by atoms with E-state index < -0.39 is 17.6 Å². The van der Waals surface area contributed by atoms with Crippen LogP contribution in [0.2, 0.25) is 0 Å². The maximum absolute atomic E-state index is 14.7. The first-order chi connectivity index (χ1) is 19.4. The van der Waals surface area contributed by atoms with Gasteiger partial charge in [0, 0.05) is 61.0 Å². The molecule has 3 saturated heterocycles. The van der Waals surface area contributed by atoms with Gasteiger partial charge in [0.15, 0.2) is 11.6 Å². The Morgan fingerprint density at radius 3 is 2.65 bits per heavy atom. The van der Waals surface area contributed by atoms with E-state index in [4.69, 9.17) is 4.74 Å². The van der Waals surface area contributed by atoms with Crippen LogP contribution in [0.15, 0.2) is 30.5 Å². The van der Waals surface area contributed by atoms with Crippen LogP contribution >= 0.6 is 0 Å². The van der Waals surface area contributed by atoms with Crippen molar-refractivity contribution in [1.29, 1.82) is 0 Å². The van der Waals surface area contributed by atoms with Crippen LogP contribution in [-0.4, -0.2) is 78.6 Å². The summed E-state index contributed by atoms with van der Waals surface area (Å²) in [5, 5.41) is 7.13. The number of aromatic nitrogens is 1. The van der Waals surface area contributed by atoms with Crippen molar-refractivity contribution in [3.8, 4) is 5.75 Å². The highest BCUT2D eigenvalue weighted by Crippen LogP contribution is 2.46. The van der Waals surface area contributed by atoms with Gasteiger partial charge in [-0.15, -0.1) is 0 Å².